The second-order valence-electron chi connectivity index (χ2n) is 5.98. The maximum Gasteiger partial charge on any atom is 1.00 e. The zero-order valence-electron chi connectivity index (χ0n) is 17.3. The number of azo groups is 1. The molecule has 0 saturated carbocycles. The summed E-state index contributed by atoms with van der Waals surface area (Å²) >= 11 is 6.04. The molecule has 0 aliphatic heterocycles. The molecule has 156 valence electrons. The summed E-state index contributed by atoms with van der Waals surface area (Å²) in [5, 5.41) is 16.4. The van der Waals surface area contributed by atoms with Gasteiger partial charge in [0.05, 0.1) is 23.5 Å². The molecule has 0 heterocycles. The molecule has 0 fully saturated rings. The van der Waals surface area contributed by atoms with E-state index in [-0.39, 0.29) is 45.7 Å². The minimum absolute atomic E-state index is 0. The number of aromatic carboxylic acids is 1. The van der Waals surface area contributed by atoms with Crippen molar-refractivity contribution in [3.05, 3.63) is 47.0 Å². The Morgan fingerprint density at radius 3 is 2.47 bits per heavy atom. The third-order valence-electron chi connectivity index (χ3n) is 3.87. The predicted molar refractivity (Wildman–Crippen MR) is 106 cm³/mol. The van der Waals surface area contributed by atoms with Crippen molar-refractivity contribution in [2.45, 2.75) is 11.8 Å². The van der Waals surface area contributed by atoms with Gasteiger partial charge in [0.15, 0.2) is 0 Å². The van der Waals surface area contributed by atoms with Gasteiger partial charge in [0.1, 0.15) is 18.0 Å². The van der Waals surface area contributed by atoms with Gasteiger partial charge in [-0.3, -0.25) is 0 Å². The van der Waals surface area contributed by atoms with Crippen LogP contribution in [0.1, 0.15) is 17.3 Å². The predicted octanol–water partition coefficient (Wildman–Crippen LogP) is -0.890. The Morgan fingerprint density at radius 1 is 1.27 bits per heavy atom. The van der Waals surface area contributed by atoms with Gasteiger partial charge in [0.25, 0.3) is 5.69 Å². The molecule has 0 saturated heterocycles. The van der Waals surface area contributed by atoms with Crippen molar-refractivity contribution in [2.75, 3.05) is 33.2 Å². The monoisotopic (exact) mass is 463 g/mol. The van der Waals surface area contributed by atoms with E-state index in [1.807, 2.05) is 0 Å². The first-order valence-corrected chi connectivity index (χ1v) is 10.3. The van der Waals surface area contributed by atoms with E-state index in [0.29, 0.717) is 23.0 Å². The van der Waals surface area contributed by atoms with Crippen LogP contribution in [0, 0.1) is 0 Å². The Bertz CT molecular complexity index is 1060. The number of benzene rings is 2. The molecule has 0 spiro atoms. The maximum absolute atomic E-state index is 12.4. The fraction of sp³-hybridized carbons (Fsp3) is 0.278. The number of methoxy groups -OCH3 is 1. The van der Waals surface area contributed by atoms with Crippen molar-refractivity contribution in [3.8, 4) is 5.75 Å². The van der Waals surface area contributed by atoms with Crippen LogP contribution in [0.3, 0.4) is 0 Å². The number of hydrogen-bond acceptors (Lipinski definition) is 6. The van der Waals surface area contributed by atoms with Crippen molar-refractivity contribution in [2.24, 2.45) is 5.11 Å². The van der Waals surface area contributed by atoms with Crippen molar-refractivity contribution in [3.63, 3.8) is 0 Å². The van der Waals surface area contributed by atoms with Crippen LogP contribution < -0.4 is 44.8 Å². The molecular formula is C18H21ClN4NaO5S+. The van der Waals surface area contributed by atoms with E-state index >= 15 is 0 Å². The molecule has 12 heteroatoms. The van der Waals surface area contributed by atoms with E-state index in [1.165, 1.54) is 38.1 Å². The first-order chi connectivity index (χ1) is 13.6. The average Bonchev–Trinajstić information content (AvgIpc) is 2.67. The number of nitrogens with zero attached hydrogens (tertiary/aromatic N) is 3. The molecule has 0 radical (unpaired) electrons. The van der Waals surface area contributed by atoms with Crippen LogP contribution in [0.4, 0.5) is 11.4 Å². The third kappa shape index (κ3) is 5.93. The number of rotatable bonds is 8. The third-order valence-corrected chi connectivity index (χ3v) is 5.91. The molecule has 0 aliphatic rings. The summed E-state index contributed by atoms with van der Waals surface area (Å²) < 4.78 is 31.0. The summed E-state index contributed by atoms with van der Waals surface area (Å²) in [5.41, 5.74) is 3.12. The smallest absolute Gasteiger partial charge is 0.545 e. The Morgan fingerprint density at radius 2 is 1.93 bits per heavy atom. The number of nitrogens with one attached hydrogen (secondary N) is 1. The second-order valence-corrected chi connectivity index (χ2v) is 8.57. The summed E-state index contributed by atoms with van der Waals surface area (Å²) in [4.78, 5) is 12.8. The standard InChI is InChI=1S/C18H21ClN4O5S.Na/c1-5-20-23(21-15-10-12(19)6-9-17(15)28-4)16-8-7-13(11-14(16)18(24)25)29(26,27)22(2)3;/h6-11H,5H2,1-4H3,(H-,20,21,24,25);/q;+1. The van der Waals surface area contributed by atoms with Crippen LogP contribution in [-0.2, 0) is 10.0 Å². The van der Waals surface area contributed by atoms with E-state index < -0.39 is 16.0 Å². The number of ether oxygens (including phenoxy) is 1. The summed E-state index contributed by atoms with van der Waals surface area (Å²) in [6.07, 6.45) is 0. The molecule has 0 aromatic heterocycles. The summed E-state index contributed by atoms with van der Waals surface area (Å²) in [7, 11) is 0.357. The van der Waals surface area contributed by atoms with Crippen LogP contribution in [0.25, 0.3) is 0 Å². The van der Waals surface area contributed by atoms with Gasteiger partial charge in [-0.25, -0.2) is 12.7 Å². The van der Waals surface area contributed by atoms with Crippen molar-refractivity contribution in [1.82, 2.24) is 4.31 Å². The first kappa shape index (κ1) is 26.3. The zero-order valence-corrected chi connectivity index (χ0v) is 20.9. The van der Waals surface area contributed by atoms with E-state index in [1.54, 1.807) is 25.1 Å². The Hall–Kier alpha value is -1.69. The number of carboxylic acids is 1. The van der Waals surface area contributed by atoms with Gasteiger partial charge in [-0.15, -0.1) is 5.43 Å². The van der Waals surface area contributed by atoms with Gasteiger partial charge in [-0.1, -0.05) is 11.6 Å². The van der Waals surface area contributed by atoms with Gasteiger partial charge >= 0.3 is 29.6 Å². The minimum atomic E-state index is -3.83. The molecule has 9 nitrogen and oxygen atoms in total. The second kappa shape index (κ2) is 11.1. The van der Waals surface area contributed by atoms with Gasteiger partial charge < -0.3 is 14.6 Å². The van der Waals surface area contributed by atoms with Gasteiger partial charge in [-0.2, -0.15) is 0 Å². The molecule has 0 bridgehead atoms. The summed E-state index contributed by atoms with van der Waals surface area (Å²) in [5.74, 6) is -1.10. The van der Waals surface area contributed by atoms with E-state index in [9.17, 15) is 18.3 Å². The van der Waals surface area contributed by atoms with Crippen LogP contribution in [-0.4, -0.2) is 51.2 Å². The normalized spacial score (nSPS) is 11.7. The SMILES string of the molecule is CCN=[N+](Nc1cc(Cl)ccc1OC)c1ccc(S(=O)(=O)N(C)C)cc1C(=O)[O-].[Na+]. The Kier molecular flexibility index (Phi) is 9.73. The number of carboxylic acid groups (broad SMARTS) is 1. The fourth-order valence-electron chi connectivity index (χ4n) is 2.43. The molecule has 2 aromatic rings. The maximum atomic E-state index is 12.4. The van der Waals surface area contributed by atoms with Crippen molar-refractivity contribution < 1.29 is 57.4 Å². The molecule has 0 aliphatic carbocycles. The molecule has 0 unspecified atom stereocenters. The molecule has 2 aromatic carbocycles. The van der Waals surface area contributed by atoms with Gasteiger partial charge in [-0.05, 0) is 42.4 Å². The van der Waals surface area contributed by atoms with Crippen LogP contribution in [0.2, 0.25) is 5.02 Å². The number of halogens is 1. The van der Waals surface area contributed by atoms with Crippen LogP contribution in [0.15, 0.2) is 46.4 Å². The van der Waals surface area contributed by atoms with E-state index in [4.69, 9.17) is 16.3 Å². The summed E-state index contributed by atoms with van der Waals surface area (Å²) in [6.45, 7) is 2.06. The number of sulfonamides is 1. The largest absolute Gasteiger partial charge is 1.00 e. The Labute approximate surface area is 202 Å². The molecule has 0 amide bonds. The first-order valence-electron chi connectivity index (χ1n) is 8.47. The molecular weight excluding hydrogens is 443 g/mol. The molecule has 0 atom stereocenters. The zero-order chi connectivity index (χ0) is 21.8. The van der Waals surface area contributed by atoms with Crippen LogP contribution in [0.5, 0.6) is 5.75 Å². The molecule has 30 heavy (non-hydrogen) atoms. The number of hydrogen-bond donors (Lipinski definition) is 1. The van der Waals surface area contributed by atoms with Crippen LogP contribution >= 0.6 is 11.6 Å². The Balaban J connectivity index is 0.00000450. The topological polar surface area (TPSA) is 114 Å². The van der Waals surface area contributed by atoms with Crippen molar-refractivity contribution >= 4 is 39.0 Å². The van der Waals surface area contributed by atoms with Gasteiger partial charge in [0.2, 0.25) is 10.0 Å². The molecule has 1 N–H and O–H groups in total. The van der Waals surface area contributed by atoms with Gasteiger partial charge in [0, 0.05) is 30.0 Å². The number of carbonyl (C=O) groups is 1. The van der Waals surface area contributed by atoms with Crippen molar-refractivity contribution in [1.29, 1.82) is 0 Å². The van der Waals surface area contributed by atoms with E-state index in [0.717, 1.165) is 10.4 Å². The minimum Gasteiger partial charge on any atom is -0.545 e. The van der Waals surface area contributed by atoms with E-state index in [2.05, 4.69) is 10.5 Å². The average molecular weight is 464 g/mol. The quantitative estimate of drug-likeness (QED) is 0.235. The number of anilines is 1. The summed E-state index contributed by atoms with van der Waals surface area (Å²) in [6, 6.07) is 8.54. The fourth-order valence-corrected chi connectivity index (χ4v) is 3.53. The number of carbonyl (C=O) groups excluding carboxylic acids is 1. The number of hydrazine groups is 1. The molecule has 2 rings (SSSR count).